The smallest absolute Gasteiger partial charge is 0.151 e. The van der Waals surface area contributed by atoms with E-state index in [4.69, 9.17) is 5.73 Å². The van der Waals surface area contributed by atoms with Crippen molar-refractivity contribution in [3.63, 3.8) is 0 Å². The first-order valence-electron chi connectivity index (χ1n) is 4.37. The van der Waals surface area contributed by atoms with E-state index in [0.717, 1.165) is 0 Å². The van der Waals surface area contributed by atoms with Crippen LogP contribution in [0.25, 0.3) is 0 Å². The third-order valence-corrected chi connectivity index (χ3v) is 2.25. The van der Waals surface area contributed by atoms with Crippen LogP contribution in [0.3, 0.4) is 0 Å². The van der Waals surface area contributed by atoms with Crippen LogP contribution in [0.5, 0.6) is 0 Å². The lowest BCUT2D eigenvalue weighted by molar-refractivity contribution is 0.0572. The van der Waals surface area contributed by atoms with Crippen LogP contribution < -0.4 is 10.6 Å². The minimum atomic E-state index is -0.714. The molecule has 2 rings (SSSR count). The second-order valence-corrected chi connectivity index (χ2v) is 3.36. The molecule has 0 aliphatic carbocycles. The van der Waals surface area contributed by atoms with E-state index in [0.29, 0.717) is 24.7 Å². The van der Waals surface area contributed by atoms with E-state index in [1.807, 2.05) is 0 Å². The van der Waals surface area contributed by atoms with Gasteiger partial charge in [-0.05, 0) is 12.1 Å². The summed E-state index contributed by atoms with van der Waals surface area (Å²) in [4.78, 5) is 1.77. The molecule has 1 saturated heterocycles. The molecule has 2 unspecified atom stereocenters. The summed E-state index contributed by atoms with van der Waals surface area (Å²) in [5.41, 5.74) is 5.39. The molecule has 2 atom stereocenters. The zero-order valence-electron chi connectivity index (χ0n) is 7.54. The lowest BCUT2D eigenvalue weighted by Crippen LogP contribution is -2.22. The highest BCUT2D eigenvalue weighted by atomic mass is 16.3. The number of hydrogen-bond donors (Lipinski definition) is 3. The van der Waals surface area contributed by atoms with Gasteiger partial charge in [-0.2, -0.15) is 0 Å². The molecule has 6 heteroatoms. The number of β-amino-alcohol motifs (C(OH)–C–C–N with tert-alkyl or cyclic N) is 2. The monoisotopic (exact) mass is 196 g/mol. The van der Waals surface area contributed by atoms with E-state index in [-0.39, 0.29) is 0 Å². The Bertz CT molecular complexity index is 306. The number of aliphatic hydroxyl groups is 2. The minimum absolute atomic E-state index is 0.356. The molecule has 1 aromatic rings. The Kier molecular flexibility index (Phi) is 2.22. The number of nitrogen functional groups attached to an aromatic ring is 1. The summed E-state index contributed by atoms with van der Waals surface area (Å²) < 4.78 is 0. The number of hydrogen-bond acceptors (Lipinski definition) is 6. The van der Waals surface area contributed by atoms with Crippen LogP contribution in [-0.2, 0) is 0 Å². The summed E-state index contributed by atoms with van der Waals surface area (Å²) in [6.45, 7) is 0.750. The first kappa shape index (κ1) is 9.17. The summed E-state index contributed by atoms with van der Waals surface area (Å²) in [6.07, 6.45) is -1.43. The number of aliphatic hydroxyl groups excluding tert-OH is 2. The fraction of sp³-hybridized carbons (Fsp3) is 0.500. The van der Waals surface area contributed by atoms with E-state index in [2.05, 4.69) is 10.2 Å². The maximum absolute atomic E-state index is 9.32. The van der Waals surface area contributed by atoms with Gasteiger partial charge in [0.1, 0.15) is 5.82 Å². The van der Waals surface area contributed by atoms with Crippen molar-refractivity contribution in [1.82, 2.24) is 10.2 Å². The molecule has 0 aromatic carbocycles. The van der Waals surface area contributed by atoms with E-state index in [1.54, 1.807) is 17.0 Å². The maximum atomic E-state index is 9.32. The quantitative estimate of drug-likeness (QED) is 0.511. The molecule has 14 heavy (non-hydrogen) atoms. The van der Waals surface area contributed by atoms with Gasteiger partial charge in [-0.25, -0.2) is 0 Å². The van der Waals surface area contributed by atoms with Crippen LogP contribution in [-0.4, -0.2) is 45.7 Å². The van der Waals surface area contributed by atoms with Crippen molar-refractivity contribution in [1.29, 1.82) is 0 Å². The van der Waals surface area contributed by atoms with Gasteiger partial charge >= 0.3 is 0 Å². The highest BCUT2D eigenvalue weighted by Crippen LogP contribution is 2.17. The van der Waals surface area contributed by atoms with Crippen LogP contribution >= 0.6 is 0 Å². The lowest BCUT2D eigenvalue weighted by Gasteiger charge is -2.14. The molecule has 76 valence electrons. The standard InChI is InChI=1S/C8H12N4O2/c9-7-1-2-8(11-10-7)12-3-5(13)6(14)4-12/h1-2,5-6,13-14H,3-4H2,(H2,9,10). The molecule has 0 bridgehead atoms. The van der Waals surface area contributed by atoms with Crippen molar-refractivity contribution in [2.24, 2.45) is 0 Å². The van der Waals surface area contributed by atoms with Crippen LogP contribution in [0, 0.1) is 0 Å². The molecule has 2 heterocycles. The largest absolute Gasteiger partial charge is 0.389 e. The van der Waals surface area contributed by atoms with Crippen molar-refractivity contribution >= 4 is 11.6 Å². The topological polar surface area (TPSA) is 95.5 Å². The van der Waals surface area contributed by atoms with E-state index >= 15 is 0 Å². The SMILES string of the molecule is Nc1ccc(N2CC(O)C(O)C2)nn1. The summed E-state index contributed by atoms with van der Waals surface area (Å²) >= 11 is 0. The molecular formula is C8H12N4O2. The summed E-state index contributed by atoms with van der Waals surface area (Å²) in [6, 6.07) is 3.35. The van der Waals surface area contributed by atoms with Gasteiger partial charge in [0.2, 0.25) is 0 Å². The first-order chi connectivity index (χ1) is 6.66. The molecule has 4 N–H and O–H groups in total. The molecule has 1 aromatic heterocycles. The molecule has 0 amide bonds. The van der Waals surface area contributed by atoms with E-state index in [9.17, 15) is 10.2 Å². The highest BCUT2D eigenvalue weighted by Gasteiger charge is 2.30. The highest BCUT2D eigenvalue weighted by molar-refractivity contribution is 5.42. The van der Waals surface area contributed by atoms with Gasteiger partial charge in [0.15, 0.2) is 5.82 Å². The lowest BCUT2D eigenvalue weighted by atomic mass is 10.3. The average Bonchev–Trinajstić information content (AvgIpc) is 2.48. The van der Waals surface area contributed by atoms with Crippen molar-refractivity contribution in [2.45, 2.75) is 12.2 Å². The normalized spacial score (nSPS) is 26.9. The second kappa shape index (κ2) is 3.39. The Morgan fingerprint density at radius 1 is 1.21 bits per heavy atom. The second-order valence-electron chi connectivity index (χ2n) is 3.36. The van der Waals surface area contributed by atoms with Crippen molar-refractivity contribution in [3.05, 3.63) is 12.1 Å². The summed E-state index contributed by atoms with van der Waals surface area (Å²) in [5, 5.41) is 26.2. The predicted octanol–water partition coefficient (Wildman–Crippen LogP) is -1.40. The molecule has 1 fully saturated rings. The molecule has 0 radical (unpaired) electrons. The maximum Gasteiger partial charge on any atom is 0.151 e. The third kappa shape index (κ3) is 1.61. The molecule has 1 aliphatic heterocycles. The van der Waals surface area contributed by atoms with Crippen molar-refractivity contribution in [3.8, 4) is 0 Å². The Morgan fingerprint density at radius 2 is 1.86 bits per heavy atom. The number of nitrogens with two attached hydrogens (primary N) is 1. The molecular weight excluding hydrogens is 184 g/mol. The Morgan fingerprint density at radius 3 is 2.36 bits per heavy atom. The van der Waals surface area contributed by atoms with Gasteiger partial charge in [-0.3, -0.25) is 0 Å². The zero-order valence-corrected chi connectivity index (χ0v) is 7.54. The number of rotatable bonds is 1. The fourth-order valence-corrected chi connectivity index (χ4v) is 1.46. The van der Waals surface area contributed by atoms with Gasteiger partial charge in [0.05, 0.1) is 12.2 Å². The Labute approximate surface area is 81.0 Å². The third-order valence-electron chi connectivity index (χ3n) is 2.25. The average molecular weight is 196 g/mol. The minimum Gasteiger partial charge on any atom is -0.389 e. The van der Waals surface area contributed by atoms with E-state index in [1.165, 1.54) is 0 Å². The first-order valence-corrected chi connectivity index (χ1v) is 4.37. The van der Waals surface area contributed by atoms with Crippen LogP contribution in [0.2, 0.25) is 0 Å². The van der Waals surface area contributed by atoms with Gasteiger partial charge in [-0.15, -0.1) is 10.2 Å². The summed E-state index contributed by atoms with van der Waals surface area (Å²) in [5.74, 6) is 0.976. The summed E-state index contributed by atoms with van der Waals surface area (Å²) in [7, 11) is 0. The molecule has 0 saturated carbocycles. The molecule has 1 aliphatic rings. The van der Waals surface area contributed by atoms with Gasteiger partial charge in [-0.1, -0.05) is 0 Å². The van der Waals surface area contributed by atoms with Crippen LogP contribution in [0.1, 0.15) is 0 Å². The fourth-order valence-electron chi connectivity index (χ4n) is 1.46. The molecule has 0 spiro atoms. The Balaban J connectivity index is 2.13. The van der Waals surface area contributed by atoms with Crippen LogP contribution in [0.4, 0.5) is 11.6 Å². The predicted molar refractivity (Wildman–Crippen MR) is 50.7 cm³/mol. The van der Waals surface area contributed by atoms with Crippen molar-refractivity contribution in [2.75, 3.05) is 23.7 Å². The number of aromatic nitrogens is 2. The molecule has 6 nitrogen and oxygen atoms in total. The van der Waals surface area contributed by atoms with Crippen molar-refractivity contribution < 1.29 is 10.2 Å². The number of anilines is 2. The van der Waals surface area contributed by atoms with E-state index < -0.39 is 12.2 Å². The zero-order chi connectivity index (χ0) is 10.1. The van der Waals surface area contributed by atoms with Crippen LogP contribution in [0.15, 0.2) is 12.1 Å². The number of nitrogens with zero attached hydrogens (tertiary/aromatic N) is 3. The van der Waals surface area contributed by atoms with Gasteiger partial charge in [0, 0.05) is 13.1 Å². The van der Waals surface area contributed by atoms with Gasteiger partial charge < -0.3 is 20.8 Å². The van der Waals surface area contributed by atoms with Gasteiger partial charge in [0.25, 0.3) is 0 Å². The Hall–Kier alpha value is -1.40.